The third-order valence-corrected chi connectivity index (χ3v) is 4.21. The molecule has 0 bridgehead atoms. The first kappa shape index (κ1) is 12.9. The SMILES string of the molecule is CC1CC(C)SC(Nc2cc(F)ccc2Br)=N1. The van der Waals surface area contributed by atoms with E-state index >= 15 is 0 Å². The number of anilines is 1. The molecule has 1 heterocycles. The third kappa shape index (κ3) is 3.45. The lowest BCUT2D eigenvalue weighted by molar-refractivity contribution is 0.628. The molecule has 2 rings (SSSR count). The van der Waals surface area contributed by atoms with Crippen molar-refractivity contribution in [2.45, 2.75) is 31.6 Å². The summed E-state index contributed by atoms with van der Waals surface area (Å²) in [5, 5.41) is 4.58. The molecule has 1 aliphatic heterocycles. The van der Waals surface area contributed by atoms with Crippen LogP contribution in [0.4, 0.5) is 10.1 Å². The number of nitrogens with zero attached hydrogens (tertiary/aromatic N) is 1. The maximum Gasteiger partial charge on any atom is 0.161 e. The Labute approximate surface area is 113 Å². The van der Waals surface area contributed by atoms with Crippen molar-refractivity contribution < 1.29 is 4.39 Å². The maximum absolute atomic E-state index is 13.1. The lowest BCUT2D eigenvalue weighted by Gasteiger charge is -2.23. The lowest BCUT2D eigenvalue weighted by atomic mass is 10.2. The van der Waals surface area contributed by atoms with Gasteiger partial charge in [-0.25, -0.2) is 4.39 Å². The summed E-state index contributed by atoms with van der Waals surface area (Å²) in [6.07, 6.45) is 1.08. The molecule has 0 saturated heterocycles. The van der Waals surface area contributed by atoms with Crippen LogP contribution in [-0.4, -0.2) is 16.5 Å². The molecule has 92 valence electrons. The predicted molar refractivity (Wildman–Crippen MR) is 76.3 cm³/mol. The van der Waals surface area contributed by atoms with Crippen LogP contribution < -0.4 is 5.32 Å². The van der Waals surface area contributed by atoms with Crippen molar-refractivity contribution in [1.29, 1.82) is 0 Å². The van der Waals surface area contributed by atoms with E-state index < -0.39 is 0 Å². The molecule has 2 nitrogen and oxygen atoms in total. The highest BCUT2D eigenvalue weighted by Crippen LogP contribution is 2.29. The van der Waals surface area contributed by atoms with Crippen molar-refractivity contribution in [1.82, 2.24) is 0 Å². The van der Waals surface area contributed by atoms with Crippen molar-refractivity contribution in [3.8, 4) is 0 Å². The summed E-state index contributed by atoms with van der Waals surface area (Å²) in [4.78, 5) is 4.52. The molecule has 17 heavy (non-hydrogen) atoms. The molecule has 1 N–H and O–H groups in total. The number of hydrogen-bond donors (Lipinski definition) is 1. The normalized spacial score (nSPS) is 24.4. The Bertz CT molecular complexity index is 450. The van der Waals surface area contributed by atoms with E-state index in [1.54, 1.807) is 17.8 Å². The molecule has 0 saturated carbocycles. The first-order chi connectivity index (χ1) is 8.04. The van der Waals surface area contributed by atoms with E-state index in [0.29, 0.717) is 11.3 Å². The Hall–Kier alpha value is -0.550. The number of aliphatic imine (C=N–C) groups is 1. The van der Waals surface area contributed by atoms with Gasteiger partial charge in [0.15, 0.2) is 5.17 Å². The largest absolute Gasteiger partial charge is 0.334 e. The minimum atomic E-state index is -0.252. The van der Waals surface area contributed by atoms with Gasteiger partial charge in [0.1, 0.15) is 5.82 Å². The van der Waals surface area contributed by atoms with Gasteiger partial charge in [0.2, 0.25) is 0 Å². The Kier molecular flexibility index (Phi) is 4.09. The van der Waals surface area contributed by atoms with Crippen molar-refractivity contribution in [3.63, 3.8) is 0 Å². The highest BCUT2D eigenvalue weighted by Gasteiger charge is 2.18. The van der Waals surface area contributed by atoms with Crippen LogP contribution in [0.25, 0.3) is 0 Å². The summed E-state index contributed by atoms with van der Waals surface area (Å²) >= 11 is 5.09. The van der Waals surface area contributed by atoms with E-state index in [9.17, 15) is 4.39 Å². The number of thioether (sulfide) groups is 1. The zero-order valence-electron chi connectivity index (χ0n) is 9.71. The smallest absolute Gasteiger partial charge is 0.161 e. The lowest BCUT2D eigenvalue weighted by Crippen LogP contribution is -2.22. The van der Waals surface area contributed by atoms with Crippen LogP contribution >= 0.6 is 27.7 Å². The van der Waals surface area contributed by atoms with Crippen LogP contribution in [-0.2, 0) is 0 Å². The van der Waals surface area contributed by atoms with E-state index in [1.807, 2.05) is 0 Å². The standard InChI is InChI=1S/C12H14BrFN2S/c1-7-5-8(2)17-12(15-7)16-11-6-9(14)3-4-10(11)13/h3-4,6-8H,5H2,1-2H3,(H,15,16). The predicted octanol–water partition coefficient (Wildman–Crippen LogP) is 4.27. The number of amidine groups is 1. The minimum Gasteiger partial charge on any atom is -0.334 e. The zero-order valence-corrected chi connectivity index (χ0v) is 12.1. The monoisotopic (exact) mass is 316 g/mol. The van der Waals surface area contributed by atoms with Crippen LogP contribution in [0.3, 0.4) is 0 Å². The van der Waals surface area contributed by atoms with E-state index in [-0.39, 0.29) is 5.82 Å². The number of hydrogen-bond acceptors (Lipinski definition) is 3. The second-order valence-corrected chi connectivity index (χ2v) is 6.48. The molecule has 0 aliphatic carbocycles. The van der Waals surface area contributed by atoms with Crippen molar-refractivity contribution in [2.75, 3.05) is 5.32 Å². The minimum absolute atomic E-state index is 0.252. The molecule has 1 aromatic rings. The second-order valence-electron chi connectivity index (χ2n) is 4.20. The van der Waals surface area contributed by atoms with Crippen molar-refractivity contribution >= 4 is 38.5 Å². The summed E-state index contributed by atoms with van der Waals surface area (Å²) in [5.74, 6) is -0.252. The number of halogens is 2. The summed E-state index contributed by atoms with van der Waals surface area (Å²) in [5.41, 5.74) is 0.720. The average molecular weight is 317 g/mol. The Morgan fingerprint density at radius 2 is 2.24 bits per heavy atom. The van der Waals surface area contributed by atoms with Crippen molar-refractivity contribution in [2.24, 2.45) is 4.99 Å². The third-order valence-electron chi connectivity index (χ3n) is 2.49. The number of benzene rings is 1. The summed E-state index contributed by atoms with van der Waals surface area (Å²) in [6, 6.07) is 4.91. The first-order valence-electron chi connectivity index (χ1n) is 5.51. The number of rotatable bonds is 1. The molecule has 0 aromatic heterocycles. The van der Waals surface area contributed by atoms with E-state index in [2.05, 4.69) is 40.1 Å². The molecule has 1 aromatic carbocycles. The molecule has 0 spiro atoms. The maximum atomic E-state index is 13.1. The van der Waals surface area contributed by atoms with Crippen LogP contribution in [0.2, 0.25) is 0 Å². The van der Waals surface area contributed by atoms with Gasteiger partial charge in [0.25, 0.3) is 0 Å². The Balaban J connectivity index is 2.18. The van der Waals surface area contributed by atoms with Gasteiger partial charge < -0.3 is 5.32 Å². The quantitative estimate of drug-likeness (QED) is 0.836. The molecular formula is C12H14BrFN2S. The second kappa shape index (κ2) is 5.40. The highest BCUT2D eigenvalue weighted by molar-refractivity contribution is 9.10. The van der Waals surface area contributed by atoms with Crippen LogP contribution in [0, 0.1) is 5.82 Å². The summed E-state index contributed by atoms with van der Waals surface area (Å²) in [6.45, 7) is 4.27. The molecule has 0 amide bonds. The van der Waals surface area contributed by atoms with Gasteiger partial charge >= 0.3 is 0 Å². The molecule has 0 fully saturated rings. The van der Waals surface area contributed by atoms with Gasteiger partial charge in [-0.2, -0.15) is 0 Å². The molecule has 0 radical (unpaired) electrons. The van der Waals surface area contributed by atoms with E-state index in [4.69, 9.17) is 0 Å². The van der Waals surface area contributed by atoms with Gasteiger partial charge in [0.05, 0.1) is 11.7 Å². The van der Waals surface area contributed by atoms with E-state index in [0.717, 1.165) is 21.7 Å². The topological polar surface area (TPSA) is 24.4 Å². The van der Waals surface area contributed by atoms with E-state index in [1.165, 1.54) is 12.1 Å². The van der Waals surface area contributed by atoms with Gasteiger partial charge in [-0.3, -0.25) is 4.99 Å². The van der Waals surface area contributed by atoms with Crippen molar-refractivity contribution in [3.05, 3.63) is 28.5 Å². The molecule has 2 atom stereocenters. The zero-order chi connectivity index (χ0) is 12.4. The van der Waals surface area contributed by atoms with Gasteiger partial charge in [0, 0.05) is 9.72 Å². The van der Waals surface area contributed by atoms with Gasteiger partial charge in [-0.15, -0.1) is 0 Å². The molecular weight excluding hydrogens is 303 g/mol. The summed E-state index contributed by atoms with van der Waals surface area (Å²) < 4.78 is 14.0. The Morgan fingerprint density at radius 1 is 1.47 bits per heavy atom. The van der Waals surface area contributed by atoms with Crippen LogP contribution in [0.1, 0.15) is 20.3 Å². The fourth-order valence-electron chi connectivity index (χ4n) is 1.77. The van der Waals surface area contributed by atoms with Crippen LogP contribution in [0.15, 0.2) is 27.7 Å². The van der Waals surface area contributed by atoms with Gasteiger partial charge in [-0.1, -0.05) is 18.7 Å². The first-order valence-corrected chi connectivity index (χ1v) is 7.18. The summed E-state index contributed by atoms with van der Waals surface area (Å²) in [7, 11) is 0. The molecule has 5 heteroatoms. The average Bonchev–Trinajstić information content (AvgIpc) is 2.22. The molecule has 2 unspecified atom stereocenters. The highest BCUT2D eigenvalue weighted by atomic mass is 79.9. The Morgan fingerprint density at radius 3 is 2.94 bits per heavy atom. The van der Waals surface area contributed by atoms with Crippen LogP contribution in [0.5, 0.6) is 0 Å². The van der Waals surface area contributed by atoms with Gasteiger partial charge in [-0.05, 0) is 47.5 Å². The fraction of sp³-hybridized carbons (Fsp3) is 0.417. The number of nitrogens with one attached hydrogen (secondary N) is 1. The fourth-order valence-corrected chi connectivity index (χ4v) is 3.28. The molecule has 1 aliphatic rings.